The number of rotatable bonds is 12. The number of anilines is 1. The lowest BCUT2D eigenvalue weighted by Gasteiger charge is -2.36. The Morgan fingerprint density at radius 1 is 0.977 bits per heavy atom. The van der Waals surface area contributed by atoms with Crippen molar-refractivity contribution in [2.24, 2.45) is 0 Å². The van der Waals surface area contributed by atoms with Crippen molar-refractivity contribution < 1.29 is 35.9 Å². The van der Waals surface area contributed by atoms with E-state index in [4.69, 9.17) is 9.47 Å². The highest BCUT2D eigenvalue weighted by atomic mass is 32.2. The number of ether oxygens (including phenoxy) is 2. The molecule has 1 aliphatic rings. The number of carbonyl (C=O) groups is 1. The van der Waals surface area contributed by atoms with E-state index in [1.165, 1.54) is 12.1 Å². The van der Waals surface area contributed by atoms with Gasteiger partial charge in [0, 0.05) is 55.7 Å². The van der Waals surface area contributed by atoms with Gasteiger partial charge in [-0.05, 0) is 80.4 Å². The van der Waals surface area contributed by atoms with Gasteiger partial charge >= 0.3 is 6.18 Å². The third-order valence-corrected chi connectivity index (χ3v) is 8.11. The van der Waals surface area contributed by atoms with Crippen molar-refractivity contribution in [3.05, 3.63) is 72.1 Å². The van der Waals surface area contributed by atoms with Gasteiger partial charge in [-0.25, -0.2) is 13.1 Å². The van der Waals surface area contributed by atoms with Crippen molar-refractivity contribution in [3.63, 3.8) is 0 Å². The van der Waals surface area contributed by atoms with Gasteiger partial charge in [0.1, 0.15) is 11.5 Å². The van der Waals surface area contributed by atoms with Gasteiger partial charge in [0.2, 0.25) is 10.0 Å². The van der Waals surface area contributed by atoms with Crippen LogP contribution in [0.15, 0.2) is 60.9 Å². The van der Waals surface area contributed by atoms with Crippen LogP contribution in [0.3, 0.4) is 0 Å². The molecule has 0 saturated carbocycles. The first-order valence-corrected chi connectivity index (χ1v) is 16.0. The molecule has 0 unspecified atom stereocenters. The fraction of sp³-hybridized carbons (Fsp3) is 0.419. The van der Waals surface area contributed by atoms with Crippen LogP contribution < -0.4 is 19.1 Å². The fourth-order valence-corrected chi connectivity index (χ4v) is 5.83. The number of alkyl halides is 3. The summed E-state index contributed by atoms with van der Waals surface area (Å²) in [6, 6.07) is 14.5. The number of benzene rings is 2. The zero-order valence-electron chi connectivity index (χ0n) is 24.9. The predicted molar refractivity (Wildman–Crippen MR) is 162 cm³/mol. The summed E-state index contributed by atoms with van der Waals surface area (Å²) in [5, 5.41) is 0. The minimum Gasteiger partial charge on any atom is -0.492 e. The molecule has 2 heterocycles. The molecule has 1 aliphatic heterocycles. The molecule has 0 spiro atoms. The Labute approximate surface area is 256 Å². The van der Waals surface area contributed by atoms with Crippen LogP contribution in [-0.4, -0.2) is 75.0 Å². The molecule has 238 valence electrons. The average Bonchev–Trinajstić information content (AvgIpc) is 2.96. The molecule has 1 aromatic heterocycles. The molecular formula is C31H37F3N4O5S. The molecule has 1 N–H and O–H groups in total. The lowest BCUT2D eigenvalue weighted by Crippen LogP contribution is -2.46. The molecule has 9 nitrogen and oxygen atoms in total. The van der Waals surface area contributed by atoms with Crippen molar-refractivity contribution in [2.75, 3.05) is 43.4 Å². The number of nitrogens with zero attached hydrogens (tertiary/aromatic N) is 3. The van der Waals surface area contributed by atoms with Gasteiger partial charge in [-0.15, -0.1) is 0 Å². The molecule has 2 aromatic carbocycles. The first kappa shape index (κ1) is 33.1. The first-order chi connectivity index (χ1) is 20.8. The van der Waals surface area contributed by atoms with Crippen LogP contribution in [0, 0.1) is 0 Å². The third kappa shape index (κ3) is 9.84. The summed E-state index contributed by atoms with van der Waals surface area (Å²) in [5.74, 6) is -0.686. The quantitative estimate of drug-likeness (QED) is 0.288. The Morgan fingerprint density at radius 2 is 1.66 bits per heavy atom. The van der Waals surface area contributed by atoms with Crippen LogP contribution in [-0.2, 0) is 16.6 Å². The number of hydrogen-bond donors (Lipinski definition) is 1. The second kappa shape index (κ2) is 14.3. The van der Waals surface area contributed by atoms with Gasteiger partial charge < -0.3 is 14.4 Å². The summed E-state index contributed by atoms with van der Waals surface area (Å²) in [6.07, 6.45) is -2.64. The average molecular weight is 635 g/mol. The first-order valence-electron chi connectivity index (χ1n) is 14.4. The summed E-state index contributed by atoms with van der Waals surface area (Å²) in [6.45, 7) is 10.2. The lowest BCUT2D eigenvalue weighted by atomic mass is 10.0. The van der Waals surface area contributed by atoms with Crippen molar-refractivity contribution in [2.45, 2.75) is 46.0 Å². The number of carbonyl (C=O) groups excluding carboxylic acids is 1. The molecule has 1 amide bonds. The number of nitrogens with one attached hydrogen (secondary N) is 1. The second-order valence-corrected chi connectivity index (χ2v) is 12.6. The Balaban J connectivity index is 1.37. The second-order valence-electron chi connectivity index (χ2n) is 10.8. The minimum atomic E-state index is -4.63. The summed E-state index contributed by atoms with van der Waals surface area (Å²) in [4.78, 5) is 21.2. The maximum absolute atomic E-state index is 12.4. The van der Waals surface area contributed by atoms with E-state index in [1.807, 2.05) is 32.9 Å². The van der Waals surface area contributed by atoms with E-state index in [0.717, 1.165) is 60.9 Å². The standard InChI is InChI=1S/C31H37F3N4O5S/c1-4-42-29-18-26(19-35-20-29)25-15-23(16-28(17-25)43-22(2)3)21-37-10-12-38(13-11-37)27-7-5-24(6-8-27)30(39)36-44(40,41)14-9-31(32,33)34/h5-8,15-20,22H,4,9-14,21H2,1-3H3,(H,36,39). The highest BCUT2D eigenvalue weighted by Crippen LogP contribution is 2.30. The molecule has 0 bridgehead atoms. The van der Waals surface area contributed by atoms with E-state index in [9.17, 15) is 26.4 Å². The minimum absolute atomic E-state index is 0.0192. The smallest absolute Gasteiger partial charge is 0.390 e. The molecule has 3 aromatic rings. The van der Waals surface area contributed by atoms with Gasteiger partial charge in [0.05, 0.1) is 31.1 Å². The van der Waals surface area contributed by atoms with Crippen molar-refractivity contribution in [1.82, 2.24) is 14.6 Å². The monoisotopic (exact) mass is 634 g/mol. The summed E-state index contributed by atoms with van der Waals surface area (Å²) in [7, 11) is -4.41. The lowest BCUT2D eigenvalue weighted by molar-refractivity contribution is -0.130. The van der Waals surface area contributed by atoms with Gasteiger partial charge in [0.15, 0.2) is 0 Å². The van der Waals surface area contributed by atoms with E-state index < -0.39 is 34.3 Å². The normalized spacial score (nSPS) is 14.5. The molecule has 4 rings (SSSR count). The van der Waals surface area contributed by atoms with Crippen LogP contribution in [0.4, 0.5) is 18.9 Å². The zero-order valence-corrected chi connectivity index (χ0v) is 25.7. The highest BCUT2D eigenvalue weighted by molar-refractivity contribution is 7.90. The molecule has 1 saturated heterocycles. The Hall–Kier alpha value is -3.84. The Bertz CT molecular complexity index is 1520. The van der Waals surface area contributed by atoms with Gasteiger partial charge in [-0.3, -0.25) is 14.7 Å². The Morgan fingerprint density at radius 3 is 2.30 bits per heavy atom. The van der Waals surface area contributed by atoms with E-state index in [-0.39, 0.29) is 11.7 Å². The van der Waals surface area contributed by atoms with E-state index in [0.29, 0.717) is 12.4 Å². The molecule has 13 heteroatoms. The maximum Gasteiger partial charge on any atom is 0.390 e. The summed E-state index contributed by atoms with van der Waals surface area (Å²) in [5.41, 5.74) is 3.94. The number of aromatic nitrogens is 1. The van der Waals surface area contributed by atoms with Crippen LogP contribution in [0.1, 0.15) is 43.1 Å². The Kier molecular flexibility index (Phi) is 10.7. The molecular weight excluding hydrogens is 597 g/mol. The molecule has 0 aliphatic carbocycles. The predicted octanol–water partition coefficient (Wildman–Crippen LogP) is 5.27. The van der Waals surface area contributed by atoms with E-state index in [1.54, 1.807) is 29.2 Å². The molecule has 44 heavy (non-hydrogen) atoms. The fourth-order valence-electron chi connectivity index (χ4n) is 4.83. The zero-order chi connectivity index (χ0) is 31.9. The van der Waals surface area contributed by atoms with Crippen LogP contribution in [0.2, 0.25) is 0 Å². The van der Waals surface area contributed by atoms with Crippen LogP contribution >= 0.6 is 0 Å². The highest BCUT2D eigenvalue weighted by Gasteiger charge is 2.30. The summed E-state index contributed by atoms with van der Waals surface area (Å²) >= 11 is 0. The largest absolute Gasteiger partial charge is 0.492 e. The molecule has 1 fully saturated rings. The topological polar surface area (TPSA) is 101 Å². The number of amides is 1. The number of halogens is 3. The van der Waals surface area contributed by atoms with Gasteiger partial charge in [-0.1, -0.05) is 0 Å². The summed E-state index contributed by atoms with van der Waals surface area (Å²) < 4.78 is 74.3. The van der Waals surface area contributed by atoms with Gasteiger partial charge in [0.25, 0.3) is 5.91 Å². The van der Waals surface area contributed by atoms with Crippen molar-refractivity contribution in [1.29, 1.82) is 0 Å². The van der Waals surface area contributed by atoms with Crippen LogP contribution in [0.25, 0.3) is 11.1 Å². The number of piperazine rings is 1. The number of hydrogen-bond acceptors (Lipinski definition) is 8. The maximum atomic E-state index is 12.4. The van der Waals surface area contributed by atoms with E-state index >= 15 is 0 Å². The SMILES string of the molecule is CCOc1cncc(-c2cc(CN3CCN(c4ccc(C(=O)NS(=O)(=O)CCC(F)(F)F)cc4)CC3)cc(OC(C)C)c2)c1. The third-order valence-electron chi connectivity index (χ3n) is 6.87. The number of pyridine rings is 1. The van der Waals surface area contributed by atoms with E-state index in [2.05, 4.69) is 26.9 Å². The molecule has 0 radical (unpaired) electrons. The molecule has 0 atom stereocenters. The number of sulfonamides is 1. The van der Waals surface area contributed by atoms with Crippen molar-refractivity contribution >= 4 is 21.6 Å². The van der Waals surface area contributed by atoms with Crippen LogP contribution in [0.5, 0.6) is 11.5 Å². The van der Waals surface area contributed by atoms with Gasteiger partial charge in [-0.2, -0.15) is 13.2 Å². The van der Waals surface area contributed by atoms with Crippen molar-refractivity contribution in [3.8, 4) is 22.6 Å².